The molecule has 0 aromatic heterocycles. The maximum atomic E-state index is 15.2. The molecule has 650 valence electrons. The molecule has 1 amide bonds. The Bertz CT molecular complexity index is 3600. The van der Waals surface area contributed by atoms with Crippen LogP contribution in [0.3, 0.4) is 0 Å². The Hall–Kier alpha value is -5.16. The summed E-state index contributed by atoms with van der Waals surface area (Å²) in [5, 5.41) is 275. The van der Waals surface area contributed by atoms with E-state index in [-0.39, 0.29) is 0 Å². The van der Waals surface area contributed by atoms with Crippen molar-refractivity contribution in [3.63, 3.8) is 0 Å². The topological polar surface area (TPSA) is 680 Å². The van der Waals surface area contributed by atoms with E-state index in [9.17, 15) is 127 Å². The largest absolute Gasteiger partial charge is 0.480 e. The van der Waals surface area contributed by atoms with Gasteiger partial charge in [-0.25, -0.2) is 9.59 Å². The van der Waals surface area contributed by atoms with Gasteiger partial charge in [0.05, 0.1) is 52.8 Å². The van der Waals surface area contributed by atoms with Crippen LogP contribution in [0.4, 0.5) is 4.79 Å². The fourth-order valence-electron chi connectivity index (χ4n) is 16.3. The fraction of sp³-hybridized carbons (Fsp3) is 0.722. The third kappa shape index (κ3) is 17.6. The van der Waals surface area contributed by atoms with Crippen LogP contribution in [0, 0.1) is 0 Å². The molecule has 30 heterocycles. The Morgan fingerprint density at radius 1 is 0.302 bits per heavy atom. The highest BCUT2D eigenvalue weighted by Gasteiger charge is 2.61. The van der Waals surface area contributed by atoms with Gasteiger partial charge in [0.1, 0.15) is 208 Å². The van der Waals surface area contributed by atoms with E-state index in [1.165, 1.54) is 0 Å². The molecule has 0 saturated carbocycles. The predicted molar refractivity (Wildman–Crippen MR) is 367 cm³/mol. The lowest BCUT2D eigenvalue weighted by Crippen LogP contribution is -2.69. The Balaban J connectivity index is 0.818. The Morgan fingerprint density at radius 2 is 0.526 bits per heavy atom. The van der Waals surface area contributed by atoms with Crippen molar-refractivity contribution >= 4 is 12.1 Å². The molecule has 3 aromatic rings. The van der Waals surface area contributed by atoms with Crippen LogP contribution in [0.25, 0.3) is 11.1 Å². The molecular formula is C72H99NO43. The average Bonchev–Trinajstić information content (AvgIpc) is 1.37. The number of rotatable bonds is 15. The minimum absolute atomic E-state index is 0.347. The average molecular weight is 1670 g/mol. The van der Waals surface area contributed by atoms with Crippen molar-refractivity contribution in [3.8, 4) is 11.1 Å². The summed E-state index contributed by atoms with van der Waals surface area (Å²) in [6.45, 7) is -9.52. The molecule has 24 N–H and O–H groups in total. The van der Waals surface area contributed by atoms with Crippen molar-refractivity contribution in [2.24, 2.45) is 0 Å². The van der Waals surface area contributed by atoms with Gasteiger partial charge in [-0.1, -0.05) is 78.9 Å². The number of aliphatic carboxylic acids is 1. The molecule has 16 bridgehead atoms. The molecule has 44 heteroatoms. The highest BCUT2D eigenvalue weighted by molar-refractivity contribution is 5.81. The van der Waals surface area contributed by atoms with Crippen molar-refractivity contribution < 1.29 is 213 Å². The number of carboxylic acid groups (broad SMARTS) is 1. The number of carbonyl (C=O) groups excluding carboxylic acids is 1. The van der Waals surface area contributed by atoms with E-state index in [1.807, 2.05) is 36.4 Å². The molecule has 30 fully saturated rings. The van der Waals surface area contributed by atoms with Crippen molar-refractivity contribution in [2.75, 3.05) is 59.4 Å². The third-order valence-electron chi connectivity index (χ3n) is 22.6. The van der Waals surface area contributed by atoms with E-state index in [0.29, 0.717) is 10.5 Å². The maximum Gasteiger partial charge on any atom is 0.410 e. The lowest BCUT2D eigenvalue weighted by molar-refractivity contribution is -0.403. The van der Waals surface area contributed by atoms with E-state index in [2.05, 4.69) is 0 Å². The van der Waals surface area contributed by atoms with E-state index >= 15 is 4.79 Å². The fourth-order valence-corrected chi connectivity index (χ4v) is 16.3. The second-order valence-electron chi connectivity index (χ2n) is 29.8. The Morgan fingerprint density at radius 3 is 0.767 bits per heavy atom. The second-order valence-corrected chi connectivity index (χ2v) is 29.8. The number of fused-ring (bicyclic) bond motifs is 3. The number of carbonyl (C=O) groups is 2. The van der Waals surface area contributed by atoms with E-state index in [0.717, 1.165) is 22.3 Å². The van der Waals surface area contributed by atoms with Crippen LogP contribution in [0.15, 0.2) is 78.9 Å². The van der Waals surface area contributed by atoms with Crippen molar-refractivity contribution in [1.29, 1.82) is 0 Å². The number of aliphatic hydroxyl groups is 23. The first kappa shape index (κ1) is 88.6. The highest BCUT2D eigenvalue weighted by atomic mass is 16.8. The smallest absolute Gasteiger partial charge is 0.410 e. The number of benzene rings is 3. The van der Waals surface area contributed by atoms with Crippen molar-refractivity contribution in [1.82, 2.24) is 4.90 Å². The van der Waals surface area contributed by atoms with Crippen LogP contribution in [-0.4, -0.2) is 451 Å². The van der Waals surface area contributed by atoms with Gasteiger partial charge in [0.25, 0.3) is 0 Å². The molecule has 0 radical (unpaired) electrons. The van der Waals surface area contributed by atoms with Crippen molar-refractivity contribution in [3.05, 3.63) is 95.6 Å². The summed E-state index contributed by atoms with van der Waals surface area (Å²) in [6, 6.07) is 20.4. The van der Waals surface area contributed by atoms with Gasteiger partial charge in [-0.3, -0.25) is 4.90 Å². The molecule has 41 atom stereocenters. The Kier molecular flexibility index (Phi) is 29.1. The summed E-state index contributed by atoms with van der Waals surface area (Å²) in [7, 11) is 0. The zero-order chi connectivity index (χ0) is 83.2. The molecule has 34 rings (SSSR count). The SMILES string of the molecule is O=C(O)[C@H](Cc1ccccc1)N(C[C@H]1O[C@@H]2O[C@H]3[C@H](O)[C@@H](O)[C@@H](O[C@H]4[C@H](O)[C@@H](O)[C@@H](O[C@H]5[C@H](O)[C@@H](O)[C@@H](O[C@H]6[C@H](O)[C@@H](O)[C@@H](O[C@H]7[C@H](O)[C@@H](O)[C@@H](O[C@H]8[C@H](O)[C@@H](O)[C@@H](O[C@H]9[C@H](O)[C@@H](O)[C@@H](O[C@H]1[C@H](O)[C@H]2O)O[C@@H]9CO)O[C@@H]8CO)O[C@@H]7CO)O[C@@H]6CO)O[C@@H]5CO)O[C@@H]4CO)O[C@@H]3CO)C(=O)OCC1c2ccccc2-c2ccccc21. The molecule has 1 aliphatic carbocycles. The quantitative estimate of drug-likeness (QED) is 0.0672. The van der Waals surface area contributed by atoms with Crippen LogP contribution < -0.4 is 0 Å². The van der Waals surface area contributed by atoms with Crippen LogP contribution in [0.5, 0.6) is 0 Å². The van der Waals surface area contributed by atoms with Crippen LogP contribution >= 0.6 is 0 Å². The summed E-state index contributed by atoms with van der Waals surface area (Å²) >= 11 is 0. The highest BCUT2D eigenvalue weighted by Crippen LogP contribution is 2.46. The number of amides is 1. The van der Waals surface area contributed by atoms with Gasteiger partial charge in [0.2, 0.25) is 0 Å². The minimum Gasteiger partial charge on any atom is -0.480 e. The first-order chi connectivity index (χ1) is 55.6. The van der Waals surface area contributed by atoms with Crippen LogP contribution in [0.1, 0.15) is 22.6 Å². The van der Waals surface area contributed by atoms with Gasteiger partial charge in [-0.05, 0) is 27.8 Å². The summed E-state index contributed by atoms with van der Waals surface area (Å²) in [6.07, 6.45) is -88.5. The van der Waals surface area contributed by atoms with Gasteiger partial charge in [0.15, 0.2) is 50.3 Å². The van der Waals surface area contributed by atoms with Gasteiger partial charge in [-0.2, -0.15) is 0 Å². The Labute approximate surface area is 657 Å². The van der Waals surface area contributed by atoms with Gasteiger partial charge in [-0.15, -0.1) is 0 Å². The molecule has 3 aromatic carbocycles. The first-order valence-electron chi connectivity index (χ1n) is 37.6. The van der Waals surface area contributed by atoms with E-state index in [4.69, 9.17) is 80.5 Å². The predicted octanol–water partition coefficient (Wildman–Crippen LogP) is -12.5. The van der Waals surface area contributed by atoms with E-state index < -0.39 is 335 Å². The lowest BCUT2D eigenvalue weighted by Gasteiger charge is -2.51. The van der Waals surface area contributed by atoms with Gasteiger partial charge in [0, 0.05) is 12.3 Å². The maximum absolute atomic E-state index is 15.2. The minimum atomic E-state index is -2.48. The summed E-state index contributed by atoms with van der Waals surface area (Å²) in [5.74, 6) is -2.28. The molecule has 30 aliphatic heterocycles. The molecule has 116 heavy (non-hydrogen) atoms. The number of aliphatic hydroxyl groups excluding tert-OH is 23. The molecule has 30 saturated heterocycles. The summed E-state index contributed by atoms with van der Waals surface area (Å²) in [4.78, 5) is 29.7. The van der Waals surface area contributed by atoms with Crippen LogP contribution in [-0.2, 0) is 91.7 Å². The summed E-state index contributed by atoms with van der Waals surface area (Å²) < 4.78 is 100. The normalized spacial score (nSPS) is 45.4. The second kappa shape index (κ2) is 38.1. The standard InChI is InChI=1S/C72H99NO43/c74-16-32-56-41(83)49(91)66(103-32)112-58-34(18-76)105-68(51(93)43(58)85)114-60-36(20-78)107-70(53(95)45(60)87)116-62-38(22-80)108-71(54(96)46(62)88)115-61-37(21-79)106-69(52(94)44(61)86)113-59-35(19-77)104-67(50(92)42(59)84)111-57-33(17-75)102-65(48(90)40(57)82)109-55-31(101-64(110-56)47(89)39(55)81)15-73(30(63(97)98)14-24-8-2-1-3-9-24)72(99)100-23-29-27-12-6-4-10-25(27)26-11-5-7-13-28(26)29/h1-13,29-62,64-71,74-96H,14-23H2,(H,97,98)/t30-,31+,32+,33+,34+,35+,36+,37+,38+,39+,40+,41+,42+,43+,44+,45+,46+,47+,48+,49+,50+,51+,52+,53+,54+,55+,56+,57+,58+,59+,60+,61+,62+,64+,65+,66+,67+,68+,69+,70+,71+/m0/s1. The zero-order valence-electron chi connectivity index (χ0n) is 61.3. The van der Waals surface area contributed by atoms with E-state index in [1.54, 1.807) is 42.5 Å². The lowest BCUT2D eigenvalue weighted by atomic mass is 9.94. The number of ether oxygens (including phenoxy) is 17. The number of nitrogens with zero attached hydrogens (tertiary/aromatic N) is 1. The number of carboxylic acids is 1. The molecule has 0 spiro atoms. The number of hydrogen-bond donors (Lipinski definition) is 24. The molecular weight excluding hydrogens is 1570 g/mol. The third-order valence-corrected chi connectivity index (χ3v) is 22.6. The molecule has 44 nitrogen and oxygen atoms in total. The first-order valence-corrected chi connectivity index (χ1v) is 37.6. The van der Waals surface area contributed by atoms with Gasteiger partial charge >= 0.3 is 12.1 Å². The summed E-state index contributed by atoms with van der Waals surface area (Å²) in [5.41, 5.74) is 3.45. The van der Waals surface area contributed by atoms with Crippen molar-refractivity contribution in [2.45, 2.75) is 264 Å². The monoisotopic (exact) mass is 1670 g/mol. The number of hydrogen-bond acceptors (Lipinski definition) is 42. The molecule has 0 unspecified atom stereocenters. The zero-order valence-corrected chi connectivity index (χ0v) is 61.3. The van der Waals surface area contributed by atoms with Gasteiger partial charge < -0.3 is 203 Å². The van der Waals surface area contributed by atoms with Crippen LogP contribution in [0.2, 0.25) is 0 Å². The molecule has 31 aliphatic rings.